The highest BCUT2D eigenvalue weighted by molar-refractivity contribution is 5.42. The van der Waals surface area contributed by atoms with Crippen molar-refractivity contribution in [3.63, 3.8) is 0 Å². The lowest BCUT2D eigenvalue weighted by Crippen LogP contribution is -1.89. The normalized spacial score (nSPS) is 13.7. The van der Waals surface area contributed by atoms with Crippen molar-refractivity contribution in [2.75, 3.05) is 6.61 Å². The van der Waals surface area contributed by atoms with E-state index in [9.17, 15) is 0 Å². The van der Waals surface area contributed by atoms with Crippen molar-refractivity contribution in [1.29, 1.82) is 0 Å². The van der Waals surface area contributed by atoms with Crippen molar-refractivity contribution in [2.45, 2.75) is 12.8 Å². The molecular formula is C11H11O. The molecule has 0 aromatic heterocycles. The van der Waals surface area contributed by atoms with Crippen LogP contribution in [0.25, 0.3) is 0 Å². The minimum atomic E-state index is 0.817. The molecule has 1 aliphatic heterocycles. The van der Waals surface area contributed by atoms with Crippen LogP contribution in [-0.4, -0.2) is 6.61 Å². The maximum absolute atomic E-state index is 5.43. The molecule has 0 saturated carbocycles. The van der Waals surface area contributed by atoms with E-state index in [1.54, 1.807) is 0 Å². The predicted molar refractivity (Wildman–Crippen MR) is 48.4 cm³/mol. The largest absolute Gasteiger partial charge is 0.493 e. The molecule has 0 fully saturated rings. The Bertz CT molecular complexity index is 302. The zero-order chi connectivity index (χ0) is 8.39. The summed E-state index contributed by atoms with van der Waals surface area (Å²) in [6.07, 6.45) is 3.83. The molecule has 0 unspecified atom stereocenters. The summed E-state index contributed by atoms with van der Waals surface area (Å²) in [5.41, 5.74) is 2.55. The molecule has 2 rings (SSSR count). The number of hydrogen-bond donors (Lipinski definition) is 0. The van der Waals surface area contributed by atoms with Crippen LogP contribution in [0.15, 0.2) is 24.8 Å². The van der Waals surface area contributed by atoms with Gasteiger partial charge in [-0.15, -0.1) is 6.58 Å². The maximum atomic E-state index is 5.43. The van der Waals surface area contributed by atoms with E-state index in [1.807, 2.05) is 18.2 Å². The fourth-order valence-corrected chi connectivity index (χ4v) is 1.55. The fourth-order valence-electron chi connectivity index (χ4n) is 1.55. The first kappa shape index (κ1) is 7.41. The second-order valence-corrected chi connectivity index (χ2v) is 2.89. The number of rotatable bonds is 2. The molecule has 1 aliphatic rings. The average Bonchev–Trinajstić information content (AvgIpc) is 2.53. The Morgan fingerprint density at radius 3 is 3.42 bits per heavy atom. The summed E-state index contributed by atoms with van der Waals surface area (Å²) in [6.45, 7) is 4.54. The lowest BCUT2D eigenvalue weighted by atomic mass is 10.0. The third-order valence-corrected chi connectivity index (χ3v) is 2.11. The minimum absolute atomic E-state index is 0.817. The highest BCUT2D eigenvalue weighted by atomic mass is 16.5. The molecule has 0 amide bonds. The number of fused-ring (bicyclic) bond motifs is 1. The van der Waals surface area contributed by atoms with Crippen LogP contribution in [0.3, 0.4) is 0 Å². The molecule has 12 heavy (non-hydrogen) atoms. The molecular weight excluding hydrogens is 148 g/mol. The van der Waals surface area contributed by atoms with Gasteiger partial charge in [-0.3, -0.25) is 0 Å². The van der Waals surface area contributed by atoms with Crippen LogP contribution in [0.5, 0.6) is 5.75 Å². The first-order valence-corrected chi connectivity index (χ1v) is 4.18. The standard InChI is InChI=1S/C11H11O/c1-2-4-9-5-3-6-11-10(9)7-8-12-11/h2-3,6H,1,4,7-8H2. The Hall–Kier alpha value is -1.24. The first-order chi connectivity index (χ1) is 5.92. The zero-order valence-electron chi connectivity index (χ0n) is 6.97. The lowest BCUT2D eigenvalue weighted by molar-refractivity contribution is 0.357. The summed E-state index contributed by atoms with van der Waals surface area (Å²) in [7, 11) is 0. The van der Waals surface area contributed by atoms with Gasteiger partial charge in [-0.25, -0.2) is 0 Å². The van der Waals surface area contributed by atoms with Crippen LogP contribution in [0.4, 0.5) is 0 Å². The highest BCUT2D eigenvalue weighted by Gasteiger charge is 2.14. The molecule has 1 heterocycles. The van der Waals surface area contributed by atoms with E-state index in [2.05, 4.69) is 12.6 Å². The van der Waals surface area contributed by atoms with Gasteiger partial charge in [-0.05, 0) is 24.1 Å². The molecule has 0 bridgehead atoms. The van der Waals surface area contributed by atoms with Gasteiger partial charge in [0.1, 0.15) is 5.75 Å². The molecule has 1 heteroatoms. The predicted octanol–water partition coefficient (Wildman–Crippen LogP) is 2.15. The van der Waals surface area contributed by atoms with Crippen LogP contribution in [0.2, 0.25) is 0 Å². The number of hydrogen-bond acceptors (Lipinski definition) is 1. The number of ether oxygens (including phenoxy) is 1. The minimum Gasteiger partial charge on any atom is -0.493 e. The van der Waals surface area contributed by atoms with Gasteiger partial charge in [-0.2, -0.15) is 0 Å². The Morgan fingerprint density at radius 1 is 1.67 bits per heavy atom. The third kappa shape index (κ3) is 1.11. The van der Waals surface area contributed by atoms with Gasteiger partial charge in [0.05, 0.1) is 6.61 Å². The zero-order valence-corrected chi connectivity index (χ0v) is 6.97. The summed E-state index contributed by atoms with van der Waals surface area (Å²) >= 11 is 0. The van der Waals surface area contributed by atoms with Crippen molar-refractivity contribution < 1.29 is 4.74 Å². The van der Waals surface area contributed by atoms with Gasteiger partial charge in [-0.1, -0.05) is 12.1 Å². The van der Waals surface area contributed by atoms with E-state index < -0.39 is 0 Å². The topological polar surface area (TPSA) is 9.23 Å². The molecule has 0 spiro atoms. The van der Waals surface area contributed by atoms with Crippen LogP contribution in [0.1, 0.15) is 11.1 Å². The monoisotopic (exact) mass is 159 g/mol. The first-order valence-electron chi connectivity index (χ1n) is 4.18. The molecule has 0 atom stereocenters. The molecule has 0 saturated heterocycles. The lowest BCUT2D eigenvalue weighted by Gasteiger charge is -2.02. The van der Waals surface area contributed by atoms with Gasteiger partial charge < -0.3 is 4.74 Å². The Morgan fingerprint density at radius 2 is 2.58 bits per heavy atom. The molecule has 0 N–H and O–H groups in total. The van der Waals surface area contributed by atoms with E-state index >= 15 is 0 Å². The fraction of sp³-hybridized carbons (Fsp3) is 0.273. The van der Waals surface area contributed by atoms with Crippen LogP contribution >= 0.6 is 0 Å². The quantitative estimate of drug-likeness (QED) is 0.601. The van der Waals surface area contributed by atoms with E-state index in [1.165, 1.54) is 11.1 Å². The van der Waals surface area contributed by atoms with Crippen molar-refractivity contribution in [1.82, 2.24) is 0 Å². The average molecular weight is 159 g/mol. The molecule has 0 aliphatic carbocycles. The molecule has 61 valence electrons. The molecule has 1 aromatic carbocycles. The smallest absolute Gasteiger partial charge is 0.122 e. The SMILES string of the molecule is C=CCc1[c]ccc2c1CCO2. The van der Waals surface area contributed by atoms with Crippen molar-refractivity contribution in [3.05, 3.63) is 42.0 Å². The van der Waals surface area contributed by atoms with E-state index in [-0.39, 0.29) is 0 Å². The second kappa shape index (κ2) is 3.02. The molecule has 1 nitrogen and oxygen atoms in total. The second-order valence-electron chi connectivity index (χ2n) is 2.89. The van der Waals surface area contributed by atoms with E-state index in [0.29, 0.717) is 0 Å². The summed E-state index contributed by atoms with van der Waals surface area (Å²) in [5, 5.41) is 0. The van der Waals surface area contributed by atoms with E-state index in [4.69, 9.17) is 4.74 Å². The number of allylic oxidation sites excluding steroid dienone is 1. The summed E-state index contributed by atoms with van der Waals surface area (Å²) in [5.74, 6) is 1.03. The van der Waals surface area contributed by atoms with Crippen LogP contribution < -0.4 is 4.74 Å². The van der Waals surface area contributed by atoms with Gasteiger partial charge in [0, 0.05) is 12.0 Å². The van der Waals surface area contributed by atoms with Gasteiger partial charge in [0.2, 0.25) is 0 Å². The third-order valence-electron chi connectivity index (χ3n) is 2.11. The van der Waals surface area contributed by atoms with Gasteiger partial charge in [0.25, 0.3) is 0 Å². The number of benzene rings is 1. The van der Waals surface area contributed by atoms with Crippen molar-refractivity contribution in [2.24, 2.45) is 0 Å². The Labute approximate surface area is 72.7 Å². The summed E-state index contributed by atoms with van der Waals surface area (Å²) < 4.78 is 5.43. The highest BCUT2D eigenvalue weighted by Crippen LogP contribution is 2.27. The van der Waals surface area contributed by atoms with E-state index in [0.717, 1.165) is 25.2 Å². The van der Waals surface area contributed by atoms with Gasteiger partial charge in [0.15, 0.2) is 0 Å². The Balaban J connectivity index is 2.42. The van der Waals surface area contributed by atoms with Crippen molar-refractivity contribution in [3.8, 4) is 5.75 Å². The summed E-state index contributed by atoms with van der Waals surface area (Å²) in [4.78, 5) is 0. The molecule has 1 radical (unpaired) electrons. The van der Waals surface area contributed by atoms with Crippen molar-refractivity contribution >= 4 is 0 Å². The van der Waals surface area contributed by atoms with Gasteiger partial charge >= 0.3 is 0 Å². The maximum Gasteiger partial charge on any atom is 0.122 e. The molecule has 1 aromatic rings. The van der Waals surface area contributed by atoms with Crippen LogP contribution in [-0.2, 0) is 12.8 Å². The van der Waals surface area contributed by atoms with Crippen LogP contribution in [0, 0.1) is 6.07 Å². The Kier molecular flexibility index (Phi) is 1.86. The summed E-state index contributed by atoms with van der Waals surface area (Å²) in [6, 6.07) is 7.12.